The number of para-hydroxylation sites is 2. The molecule has 0 aliphatic heterocycles. The SMILES string of the molecule is Cc1ccc(CNC(=O)c2ccccc2NCC(=O)NCCOc2ccccc2)cc1. The van der Waals surface area contributed by atoms with Crippen LogP contribution in [0.4, 0.5) is 5.69 Å². The number of aryl methyl sites for hydroxylation is 1. The number of rotatable bonds is 10. The second-order valence-corrected chi connectivity index (χ2v) is 7.08. The Kier molecular flexibility index (Phi) is 8.05. The van der Waals surface area contributed by atoms with Crippen LogP contribution in [0.15, 0.2) is 78.9 Å². The number of carbonyl (C=O) groups excluding carboxylic acids is 2. The Morgan fingerprint density at radius 2 is 1.55 bits per heavy atom. The van der Waals surface area contributed by atoms with Gasteiger partial charge in [-0.15, -0.1) is 0 Å². The van der Waals surface area contributed by atoms with Crippen molar-refractivity contribution < 1.29 is 14.3 Å². The fourth-order valence-electron chi connectivity index (χ4n) is 2.93. The Morgan fingerprint density at radius 3 is 2.32 bits per heavy atom. The number of hydrogen-bond donors (Lipinski definition) is 3. The van der Waals surface area contributed by atoms with Crippen molar-refractivity contribution >= 4 is 17.5 Å². The van der Waals surface area contributed by atoms with E-state index in [4.69, 9.17) is 4.74 Å². The van der Waals surface area contributed by atoms with E-state index in [9.17, 15) is 9.59 Å². The van der Waals surface area contributed by atoms with E-state index in [2.05, 4.69) is 16.0 Å². The second kappa shape index (κ2) is 11.4. The minimum Gasteiger partial charge on any atom is -0.492 e. The molecule has 6 heteroatoms. The molecule has 3 aromatic carbocycles. The summed E-state index contributed by atoms with van der Waals surface area (Å²) in [5.41, 5.74) is 3.31. The van der Waals surface area contributed by atoms with Crippen LogP contribution in [0.3, 0.4) is 0 Å². The lowest BCUT2D eigenvalue weighted by atomic mass is 10.1. The van der Waals surface area contributed by atoms with Crippen LogP contribution in [0.25, 0.3) is 0 Å². The number of nitrogens with one attached hydrogen (secondary N) is 3. The first-order valence-corrected chi connectivity index (χ1v) is 10.2. The zero-order valence-corrected chi connectivity index (χ0v) is 17.6. The van der Waals surface area contributed by atoms with E-state index in [0.717, 1.165) is 11.3 Å². The number of carbonyl (C=O) groups is 2. The molecule has 0 saturated heterocycles. The van der Waals surface area contributed by atoms with Gasteiger partial charge in [0.05, 0.1) is 18.7 Å². The standard InChI is InChI=1S/C25H27N3O3/c1-19-11-13-20(14-12-19)17-28-25(30)22-9-5-6-10-23(22)27-18-24(29)26-15-16-31-21-7-3-2-4-8-21/h2-14,27H,15-18H2,1H3,(H,26,29)(H,28,30). The molecule has 2 amide bonds. The summed E-state index contributed by atoms with van der Waals surface area (Å²) in [5, 5.41) is 8.76. The maximum absolute atomic E-state index is 12.6. The quantitative estimate of drug-likeness (QED) is 0.441. The molecule has 0 bridgehead atoms. The molecule has 0 atom stereocenters. The van der Waals surface area contributed by atoms with Crippen LogP contribution in [0.2, 0.25) is 0 Å². The van der Waals surface area contributed by atoms with Gasteiger partial charge in [-0.3, -0.25) is 9.59 Å². The molecule has 6 nitrogen and oxygen atoms in total. The van der Waals surface area contributed by atoms with Crippen LogP contribution < -0.4 is 20.7 Å². The number of benzene rings is 3. The fourth-order valence-corrected chi connectivity index (χ4v) is 2.93. The molecule has 0 radical (unpaired) electrons. The van der Waals surface area contributed by atoms with Crippen molar-refractivity contribution in [2.75, 3.05) is 25.0 Å². The molecule has 3 rings (SSSR count). The first kappa shape index (κ1) is 21.9. The average molecular weight is 418 g/mol. The maximum atomic E-state index is 12.6. The second-order valence-electron chi connectivity index (χ2n) is 7.08. The van der Waals surface area contributed by atoms with Crippen LogP contribution in [0, 0.1) is 6.92 Å². The molecule has 0 aliphatic rings. The summed E-state index contributed by atoms with van der Waals surface area (Å²) in [6.07, 6.45) is 0. The van der Waals surface area contributed by atoms with E-state index in [1.807, 2.05) is 67.6 Å². The van der Waals surface area contributed by atoms with E-state index in [-0.39, 0.29) is 18.4 Å². The molecule has 160 valence electrons. The highest BCUT2D eigenvalue weighted by Gasteiger charge is 2.11. The van der Waals surface area contributed by atoms with Gasteiger partial charge in [0.1, 0.15) is 12.4 Å². The van der Waals surface area contributed by atoms with Crippen LogP contribution in [0.5, 0.6) is 5.75 Å². The molecule has 0 unspecified atom stereocenters. The normalized spacial score (nSPS) is 10.2. The third-order valence-electron chi connectivity index (χ3n) is 4.62. The highest BCUT2D eigenvalue weighted by molar-refractivity contribution is 6.00. The minimum atomic E-state index is -0.194. The molecule has 0 saturated carbocycles. The molecular weight excluding hydrogens is 390 g/mol. The topological polar surface area (TPSA) is 79.5 Å². The van der Waals surface area contributed by atoms with Crippen molar-refractivity contribution in [1.29, 1.82) is 0 Å². The number of ether oxygens (including phenoxy) is 1. The van der Waals surface area contributed by atoms with Gasteiger partial charge in [-0.1, -0.05) is 60.2 Å². The summed E-state index contributed by atoms with van der Waals surface area (Å²) in [6.45, 7) is 3.31. The summed E-state index contributed by atoms with van der Waals surface area (Å²) in [6, 6.07) is 24.6. The number of anilines is 1. The van der Waals surface area contributed by atoms with E-state index >= 15 is 0 Å². The van der Waals surface area contributed by atoms with E-state index in [1.54, 1.807) is 18.2 Å². The van der Waals surface area contributed by atoms with Gasteiger partial charge >= 0.3 is 0 Å². The monoisotopic (exact) mass is 417 g/mol. The third kappa shape index (κ3) is 7.19. The van der Waals surface area contributed by atoms with Crippen LogP contribution >= 0.6 is 0 Å². The predicted octanol–water partition coefficient (Wildman–Crippen LogP) is 3.53. The molecule has 3 N–H and O–H groups in total. The lowest BCUT2D eigenvalue weighted by Crippen LogP contribution is -2.33. The first-order chi connectivity index (χ1) is 15.1. The Morgan fingerprint density at radius 1 is 0.839 bits per heavy atom. The molecule has 3 aromatic rings. The number of hydrogen-bond acceptors (Lipinski definition) is 4. The van der Waals surface area contributed by atoms with E-state index < -0.39 is 0 Å². The predicted molar refractivity (Wildman–Crippen MR) is 122 cm³/mol. The molecular formula is C25H27N3O3. The fraction of sp³-hybridized carbons (Fsp3) is 0.200. The summed E-state index contributed by atoms with van der Waals surface area (Å²) in [7, 11) is 0. The average Bonchev–Trinajstić information content (AvgIpc) is 2.81. The minimum absolute atomic E-state index is 0.0631. The Labute approximate surface area is 182 Å². The van der Waals surface area contributed by atoms with Crippen molar-refractivity contribution in [3.63, 3.8) is 0 Å². The van der Waals surface area contributed by atoms with Gasteiger partial charge in [-0.2, -0.15) is 0 Å². The van der Waals surface area contributed by atoms with Crippen LogP contribution in [-0.4, -0.2) is 31.5 Å². The lowest BCUT2D eigenvalue weighted by Gasteiger charge is -2.13. The summed E-state index contributed by atoms with van der Waals surface area (Å²) in [5.74, 6) is 0.396. The van der Waals surface area contributed by atoms with Crippen molar-refractivity contribution in [3.05, 3.63) is 95.6 Å². The summed E-state index contributed by atoms with van der Waals surface area (Å²) in [4.78, 5) is 24.7. The van der Waals surface area contributed by atoms with Gasteiger partial charge in [-0.05, 0) is 36.8 Å². The van der Waals surface area contributed by atoms with Gasteiger partial charge < -0.3 is 20.7 Å². The molecule has 0 fully saturated rings. The number of amides is 2. The van der Waals surface area contributed by atoms with Gasteiger partial charge in [0.25, 0.3) is 5.91 Å². The maximum Gasteiger partial charge on any atom is 0.253 e. The van der Waals surface area contributed by atoms with Gasteiger partial charge in [0.15, 0.2) is 0 Å². The molecule has 0 spiro atoms. The Bertz CT molecular complexity index is 988. The van der Waals surface area contributed by atoms with Crippen molar-refractivity contribution in [3.8, 4) is 5.75 Å². The van der Waals surface area contributed by atoms with Gasteiger partial charge in [-0.25, -0.2) is 0 Å². The third-order valence-corrected chi connectivity index (χ3v) is 4.62. The lowest BCUT2D eigenvalue weighted by molar-refractivity contribution is -0.119. The summed E-state index contributed by atoms with van der Waals surface area (Å²) < 4.78 is 5.55. The van der Waals surface area contributed by atoms with Gasteiger partial charge in [0.2, 0.25) is 5.91 Å². The van der Waals surface area contributed by atoms with E-state index in [0.29, 0.717) is 30.9 Å². The van der Waals surface area contributed by atoms with Crippen LogP contribution in [-0.2, 0) is 11.3 Å². The Balaban J connectivity index is 1.44. The van der Waals surface area contributed by atoms with Crippen molar-refractivity contribution in [1.82, 2.24) is 10.6 Å². The van der Waals surface area contributed by atoms with Crippen LogP contribution in [0.1, 0.15) is 21.5 Å². The highest BCUT2D eigenvalue weighted by atomic mass is 16.5. The van der Waals surface area contributed by atoms with Crippen molar-refractivity contribution in [2.45, 2.75) is 13.5 Å². The Hall–Kier alpha value is -3.80. The van der Waals surface area contributed by atoms with Gasteiger partial charge in [0, 0.05) is 12.2 Å². The molecule has 31 heavy (non-hydrogen) atoms. The molecule has 0 heterocycles. The summed E-state index contributed by atoms with van der Waals surface area (Å²) >= 11 is 0. The largest absolute Gasteiger partial charge is 0.492 e. The first-order valence-electron chi connectivity index (χ1n) is 10.2. The molecule has 0 aliphatic carbocycles. The van der Waals surface area contributed by atoms with E-state index in [1.165, 1.54) is 5.56 Å². The zero-order chi connectivity index (χ0) is 21.9. The zero-order valence-electron chi connectivity index (χ0n) is 17.6. The smallest absolute Gasteiger partial charge is 0.253 e. The highest BCUT2D eigenvalue weighted by Crippen LogP contribution is 2.15. The molecule has 0 aromatic heterocycles. The van der Waals surface area contributed by atoms with Crippen molar-refractivity contribution in [2.24, 2.45) is 0 Å².